The molecule has 1 aromatic carbocycles. The van der Waals surface area contributed by atoms with Gasteiger partial charge in [0, 0.05) is 0 Å². The van der Waals surface area contributed by atoms with Crippen LogP contribution in [0.1, 0.15) is 11.1 Å². The number of morpholine rings is 1. The van der Waals surface area contributed by atoms with Crippen molar-refractivity contribution in [2.75, 3.05) is 18.1 Å². The minimum Gasteiger partial charge on any atom is -0.457 e. The predicted molar refractivity (Wildman–Crippen MR) is 64.2 cm³/mol. The molecule has 1 aliphatic rings. The summed E-state index contributed by atoms with van der Waals surface area (Å²) in [5.41, 5.74) is 2.49. The standard InChI is InChI=1S/C12H12ClNO3/c1-7-5-8(2)10(9(13)6-7)14-3-4-17-12(16)11(14)15/h5-6H,3-4H2,1-2H3. The van der Waals surface area contributed by atoms with E-state index < -0.39 is 11.9 Å². The summed E-state index contributed by atoms with van der Waals surface area (Å²) < 4.78 is 4.67. The van der Waals surface area contributed by atoms with Crippen LogP contribution in [0.5, 0.6) is 0 Å². The average molecular weight is 254 g/mol. The molecule has 0 saturated carbocycles. The Kier molecular flexibility index (Phi) is 3.07. The Hall–Kier alpha value is -1.55. The highest BCUT2D eigenvalue weighted by molar-refractivity contribution is 6.41. The maximum absolute atomic E-state index is 11.7. The number of carbonyl (C=O) groups is 2. The number of ether oxygens (including phenoxy) is 1. The van der Waals surface area contributed by atoms with E-state index in [0.29, 0.717) is 17.3 Å². The molecule has 17 heavy (non-hydrogen) atoms. The molecule has 0 N–H and O–H groups in total. The Morgan fingerprint density at radius 1 is 1.29 bits per heavy atom. The van der Waals surface area contributed by atoms with Gasteiger partial charge in [0.1, 0.15) is 6.61 Å². The van der Waals surface area contributed by atoms with Crippen LogP contribution in [-0.2, 0) is 14.3 Å². The molecule has 1 aromatic rings. The highest BCUT2D eigenvalue weighted by Crippen LogP contribution is 2.31. The van der Waals surface area contributed by atoms with E-state index >= 15 is 0 Å². The van der Waals surface area contributed by atoms with E-state index in [0.717, 1.165) is 11.1 Å². The molecule has 0 bridgehead atoms. The first-order valence-electron chi connectivity index (χ1n) is 5.26. The first kappa shape index (κ1) is 11.9. The van der Waals surface area contributed by atoms with Crippen LogP contribution < -0.4 is 4.90 Å². The number of cyclic esters (lactones) is 1. The van der Waals surface area contributed by atoms with Gasteiger partial charge in [0.05, 0.1) is 17.3 Å². The summed E-state index contributed by atoms with van der Waals surface area (Å²) in [5.74, 6) is -1.49. The molecule has 0 atom stereocenters. The summed E-state index contributed by atoms with van der Waals surface area (Å²) in [6, 6.07) is 3.70. The van der Waals surface area contributed by atoms with E-state index in [1.807, 2.05) is 19.9 Å². The number of hydrogen-bond donors (Lipinski definition) is 0. The van der Waals surface area contributed by atoms with Crippen LogP contribution in [0.15, 0.2) is 12.1 Å². The molecule has 4 nitrogen and oxygen atoms in total. The molecule has 2 rings (SSSR count). The van der Waals surface area contributed by atoms with Crippen LogP contribution in [0, 0.1) is 13.8 Å². The fourth-order valence-corrected chi connectivity index (χ4v) is 2.39. The summed E-state index contributed by atoms with van der Waals surface area (Å²) in [5, 5.41) is 0.477. The van der Waals surface area contributed by atoms with Gasteiger partial charge in [-0.2, -0.15) is 0 Å². The van der Waals surface area contributed by atoms with Crippen LogP contribution in [0.25, 0.3) is 0 Å². The molecule has 0 aromatic heterocycles. The molecule has 0 aliphatic carbocycles. The van der Waals surface area contributed by atoms with E-state index in [1.165, 1.54) is 4.90 Å². The Labute approximate surface area is 104 Å². The summed E-state index contributed by atoms with van der Waals surface area (Å²) >= 11 is 6.14. The molecular weight excluding hydrogens is 242 g/mol. The number of halogens is 1. The van der Waals surface area contributed by atoms with Crippen LogP contribution in [0.3, 0.4) is 0 Å². The SMILES string of the molecule is Cc1cc(C)c(N2CCOC(=O)C2=O)c(Cl)c1. The molecule has 5 heteroatoms. The molecule has 1 aliphatic heterocycles. The fraction of sp³-hybridized carbons (Fsp3) is 0.333. The van der Waals surface area contributed by atoms with Crippen molar-refractivity contribution < 1.29 is 14.3 Å². The van der Waals surface area contributed by atoms with Crippen LogP contribution in [0.4, 0.5) is 5.69 Å². The molecule has 0 spiro atoms. The number of nitrogens with zero attached hydrogens (tertiary/aromatic N) is 1. The Bertz CT molecular complexity index is 476. The minimum atomic E-state index is -0.827. The second-order valence-electron chi connectivity index (χ2n) is 4.00. The summed E-state index contributed by atoms with van der Waals surface area (Å²) in [6.45, 7) is 4.33. The Balaban J connectivity index is 2.46. The number of benzene rings is 1. The summed E-state index contributed by atoms with van der Waals surface area (Å²) in [4.78, 5) is 24.3. The maximum atomic E-state index is 11.7. The fourth-order valence-electron chi connectivity index (χ4n) is 1.97. The van der Waals surface area contributed by atoms with E-state index in [1.54, 1.807) is 6.07 Å². The smallest absolute Gasteiger partial charge is 0.397 e. The number of aryl methyl sites for hydroxylation is 2. The largest absolute Gasteiger partial charge is 0.457 e. The number of amides is 1. The number of esters is 1. The van der Waals surface area contributed by atoms with Crippen molar-refractivity contribution >= 4 is 29.2 Å². The monoisotopic (exact) mass is 253 g/mol. The number of anilines is 1. The first-order chi connectivity index (χ1) is 8.00. The Morgan fingerprint density at radius 2 is 2.00 bits per heavy atom. The molecule has 0 unspecified atom stereocenters. The molecule has 1 fully saturated rings. The number of rotatable bonds is 1. The molecule has 1 saturated heterocycles. The number of hydrogen-bond acceptors (Lipinski definition) is 3. The maximum Gasteiger partial charge on any atom is 0.397 e. The van der Waals surface area contributed by atoms with Gasteiger partial charge >= 0.3 is 11.9 Å². The quantitative estimate of drug-likeness (QED) is 0.567. The van der Waals surface area contributed by atoms with E-state index in [4.69, 9.17) is 11.6 Å². The lowest BCUT2D eigenvalue weighted by Gasteiger charge is -2.28. The van der Waals surface area contributed by atoms with E-state index in [-0.39, 0.29) is 6.61 Å². The highest BCUT2D eigenvalue weighted by Gasteiger charge is 2.31. The van der Waals surface area contributed by atoms with Crippen molar-refractivity contribution in [1.82, 2.24) is 0 Å². The van der Waals surface area contributed by atoms with Crippen LogP contribution in [0.2, 0.25) is 5.02 Å². The van der Waals surface area contributed by atoms with Crippen LogP contribution in [-0.4, -0.2) is 25.0 Å². The third-order valence-corrected chi connectivity index (χ3v) is 2.92. The van der Waals surface area contributed by atoms with Crippen molar-refractivity contribution in [2.45, 2.75) is 13.8 Å². The molecular formula is C12H12ClNO3. The van der Waals surface area contributed by atoms with Crippen molar-refractivity contribution in [3.63, 3.8) is 0 Å². The zero-order valence-electron chi connectivity index (χ0n) is 9.62. The normalized spacial score (nSPS) is 16.1. The molecule has 90 valence electrons. The van der Waals surface area contributed by atoms with Gasteiger partial charge in [0.15, 0.2) is 0 Å². The number of carbonyl (C=O) groups excluding carboxylic acids is 2. The summed E-state index contributed by atoms with van der Waals surface area (Å²) in [6.07, 6.45) is 0. The van der Waals surface area contributed by atoms with Gasteiger partial charge in [0.25, 0.3) is 0 Å². The van der Waals surface area contributed by atoms with Crippen molar-refractivity contribution in [2.24, 2.45) is 0 Å². The topological polar surface area (TPSA) is 46.6 Å². The van der Waals surface area contributed by atoms with E-state index in [9.17, 15) is 9.59 Å². The lowest BCUT2D eigenvalue weighted by Crippen LogP contribution is -2.45. The average Bonchev–Trinajstić information content (AvgIpc) is 2.23. The second-order valence-corrected chi connectivity index (χ2v) is 4.41. The van der Waals surface area contributed by atoms with Crippen LogP contribution >= 0.6 is 11.6 Å². The van der Waals surface area contributed by atoms with Gasteiger partial charge in [-0.3, -0.25) is 9.69 Å². The second kappa shape index (κ2) is 4.37. The highest BCUT2D eigenvalue weighted by atomic mass is 35.5. The van der Waals surface area contributed by atoms with Gasteiger partial charge in [-0.1, -0.05) is 17.7 Å². The zero-order valence-corrected chi connectivity index (χ0v) is 10.4. The van der Waals surface area contributed by atoms with Gasteiger partial charge in [-0.05, 0) is 31.0 Å². The van der Waals surface area contributed by atoms with Gasteiger partial charge < -0.3 is 4.74 Å². The van der Waals surface area contributed by atoms with Crippen molar-refractivity contribution in [1.29, 1.82) is 0 Å². The lowest BCUT2D eigenvalue weighted by molar-refractivity contribution is -0.156. The summed E-state index contributed by atoms with van der Waals surface area (Å²) in [7, 11) is 0. The van der Waals surface area contributed by atoms with Crippen molar-refractivity contribution in [3.05, 3.63) is 28.3 Å². The zero-order chi connectivity index (χ0) is 12.6. The van der Waals surface area contributed by atoms with Gasteiger partial charge in [-0.25, -0.2) is 4.79 Å². The minimum absolute atomic E-state index is 0.203. The van der Waals surface area contributed by atoms with Gasteiger partial charge in [-0.15, -0.1) is 0 Å². The lowest BCUT2D eigenvalue weighted by atomic mass is 10.1. The molecule has 1 heterocycles. The predicted octanol–water partition coefficient (Wildman–Crippen LogP) is 1.85. The third-order valence-electron chi connectivity index (χ3n) is 2.64. The van der Waals surface area contributed by atoms with Crippen molar-refractivity contribution in [3.8, 4) is 0 Å². The Morgan fingerprint density at radius 3 is 2.65 bits per heavy atom. The van der Waals surface area contributed by atoms with E-state index in [2.05, 4.69) is 4.74 Å². The molecule has 1 amide bonds. The van der Waals surface area contributed by atoms with Gasteiger partial charge in [0.2, 0.25) is 0 Å². The first-order valence-corrected chi connectivity index (χ1v) is 5.64. The third kappa shape index (κ3) is 2.13. The molecule has 0 radical (unpaired) electrons.